The highest BCUT2D eigenvalue weighted by Gasteiger charge is 2.77. The molecular weight excluding hydrogens is 452 g/mol. The summed E-state index contributed by atoms with van der Waals surface area (Å²) in [6, 6.07) is 6.16. The van der Waals surface area contributed by atoms with Gasteiger partial charge in [0.2, 0.25) is 5.91 Å². The highest BCUT2D eigenvalue weighted by molar-refractivity contribution is 8.02. The fourth-order valence-electron chi connectivity index (χ4n) is 5.82. The Hall–Kier alpha value is -2.03. The van der Waals surface area contributed by atoms with Crippen molar-refractivity contribution in [1.29, 1.82) is 0 Å². The molecule has 2 amide bonds. The highest BCUT2D eigenvalue weighted by Crippen LogP contribution is 2.71. The number of rotatable bonds is 8. The minimum Gasteiger partial charge on any atom is -0.481 e. The molecule has 9 heteroatoms. The maximum absolute atomic E-state index is 14.1. The zero-order valence-corrected chi connectivity index (χ0v) is 19.4. The second-order valence-electron chi connectivity index (χ2n) is 8.86. The van der Waals surface area contributed by atoms with Crippen LogP contribution in [0.25, 0.3) is 0 Å². The molecule has 3 aliphatic heterocycles. The Morgan fingerprint density at radius 1 is 1.38 bits per heavy atom. The molecule has 1 aromatic rings. The highest BCUT2D eigenvalue weighted by atomic mass is 35.5. The molecule has 172 valence electrons. The number of aliphatic carboxylic acids is 1. The molecule has 2 unspecified atom stereocenters. The number of carbonyl (C=O) groups excluding carboxylic acids is 2. The van der Waals surface area contributed by atoms with Crippen molar-refractivity contribution in [2.24, 2.45) is 11.8 Å². The van der Waals surface area contributed by atoms with Crippen molar-refractivity contribution in [3.05, 3.63) is 41.9 Å². The Labute approximate surface area is 196 Å². The SMILES string of the molecule is C=CCN(C(=O)C1N(CCCO)C(=O)[C@@H]2[C@@H](C(=O)O)[C@@]3(C)CCC12S3)c1ccccc1Cl. The van der Waals surface area contributed by atoms with Gasteiger partial charge in [0.05, 0.1) is 27.3 Å². The van der Waals surface area contributed by atoms with Gasteiger partial charge >= 0.3 is 5.97 Å². The molecular formula is C23H27ClN2O5S. The Balaban J connectivity index is 1.82. The number of anilines is 1. The van der Waals surface area contributed by atoms with Crippen LogP contribution in [0.15, 0.2) is 36.9 Å². The molecule has 0 aromatic heterocycles. The van der Waals surface area contributed by atoms with Crippen molar-refractivity contribution in [3.8, 4) is 0 Å². The number of fused-ring (bicyclic) bond motifs is 1. The number of likely N-dealkylation sites (tertiary alicyclic amines) is 1. The Bertz CT molecular complexity index is 973. The largest absolute Gasteiger partial charge is 0.481 e. The Morgan fingerprint density at radius 2 is 2.09 bits per heavy atom. The molecule has 2 N–H and O–H groups in total. The van der Waals surface area contributed by atoms with Gasteiger partial charge in [-0.15, -0.1) is 18.3 Å². The van der Waals surface area contributed by atoms with Crippen molar-refractivity contribution >= 4 is 46.8 Å². The van der Waals surface area contributed by atoms with Gasteiger partial charge in [0.25, 0.3) is 5.91 Å². The van der Waals surface area contributed by atoms with E-state index < -0.39 is 33.3 Å². The number of benzene rings is 1. The fourth-order valence-corrected chi connectivity index (χ4v) is 8.40. The molecule has 32 heavy (non-hydrogen) atoms. The van der Waals surface area contributed by atoms with Crippen LogP contribution in [0.4, 0.5) is 5.69 Å². The maximum Gasteiger partial charge on any atom is 0.308 e. The molecule has 3 saturated heterocycles. The van der Waals surface area contributed by atoms with Crippen LogP contribution in [0.5, 0.6) is 0 Å². The van der Waals surface area contributed by atoms with E-state index in [9.17, 15) is 24.6 Å². The summed E-state index contributed by atoms with van der Waals surface area (Å²) in [5.41, 5.74) is 0.520. The number of carboxylic acids is 1. The molecule has 3 heterocycles. The van der Waals surface area contributed by atoms with Crippen LogP contribution in [-0.4, -0.2) is 68.1 Å². The van der Waals surface area contributed by atoms with Crippen molar-refractivity contribution in [1.82, 2.24) is 4.90 Å². The Kier molecular flexibility index (Phi) is 6.07. The topological polar surface area (TPSA) is 98.2 Å². The van der Waals surface area contributed by atoms with Crippen molar-refractivity contribution < 1.29 is 24.6 Å². The molecule has 0 radical (unpaired) electrons. The average molecular weight is 479 g/mol. The number of nitrogens with zero attached hydrogens (tertiary/aromatic N) is 2. The van der Waals surface area contributed by atoms with Gasteiger partial charge in [0.1, 0.15) is 6.04 Å². The lowest BCUT2D eigenvalue weighted by atomic mass is 9.66. The summed E-state index contributed by atoms with van der Waals surface area (Å²) in [5, 5.41) is 19.8. The molecule has 4 rings (SSSR count). The number of carboxylic acid groups (broad SMARTS) is 1. The van der Waals surface area contributed by atoms with E-state index in [0.717, 1.165) is 0 Å². The van der Waals surface area contributed by atoms with Crippen LogP contribution >= 0.6 is 23.4 Å². The summed E-state index contributed by atoms with van der Waals surface area (Å²) in [5.74, 6) is -3.22. The lowest BCUT2D eigenvalue weighted by molar-refractivity contribution is -0.150. The second-order valence-corrected chi connectivity index (χ2v) is 11.2. The predicted octanol–water partition coefficient (Wildman–Crippen LogP) is 2.81. The number of aliphatic hydroxyl groups is 1. The summed E-state index contributed by atoms with van der Waals surface area (Å²) in [7, 11) is 0. The van der Waals surface area contributed by atoms with Crippen LogP contribution in [-0.2, 0) is 14.4 Å². The fraction of sp³-hybridized carbons (Fsp3) is 0.522. The minimum atomic E-state index is -0.996. The van der Waals surface area contributed by atoms with Gasteiger partial charge in [-0.3, -0.25) is 14.4 Å². The molecule has 0 aliphatic carbocycles. The third-order valence-corrected chi connectivity index (χ3v) is 9.36. The molecule has 7 nitrogen and oxygen atoms in total. The number of carbonyl (C=O) groups is 3. The minimum absolute atomic E-state index is 0.129. The summed E-state index contributed by atoms with van der Waals surface area (Å²) >= 11 is 7.89. The first-order chi connectivity index (χ1) is 15.2. The first-order valence-electron chi connectivity index (χ1n) is 10.7. The van der Waals surface area contributed by atoms with E-state index in [-0.39, 0.29) is 31.5 Å². The van der Waals surface area contributed by atoms with Crippen LogP contribution in [0.2, 0.25) is 5.02 Å². The van der Waals surface area contributed by atoms with Gasteiger partial charge in [-0.05, 0) is 38.3 Å². The van der Waals surface area contributed by atoms with E-state index in [2.05, 4.69) is 6.58 Å². The van der Waals surface area contributed by atoms with E-state index in [1.807, 2.05) is 6.92 Å². The third kappa shape index (κ3) is 3.26. The molecule has 3 aliphatic rings. The van der Waals surface area contributed by atoms with Gasteiger partial charge < -0.3 is 20.0 Å². The lowest BCUT2D eigenvalue weighted by Gasteiger charge is -2.37. The first-order valence-corrected chi connectivity index (χ1v) is 11.9. The number of thioether (sulfide) groups is 1. The quantitative estimate of drug-likeness (QED) is 0.557. The molecule has 1 aromatic carbocycles. The summed E-state index contributed by atoms with van der Waals surface area (Å²) in [6.45, 7) is 5.93. The summed E-state index contributed by atoms with van der Waals surface area (Å²) < 4.78 is -1.41. The number of hydrogen-bond donors (Lipinski definition) is 2. The zero-order chi connectivity index (χ0) is 23.3. The predicted molar refractivity (Wildman–Crippen MR) is 124 cm³/mol. The smallest absolute Gasteiger partial charge is 0.308 e. The van der Waals surface area contributed by atoms with Gasteiger partial charge in [-0.25, -0.2) is 0 Å². The average Bonchev–Trinajstić information content (AvgIpc) is 3.31. The maximum atomic E-state index is 14.1. The summed E-state index contributed by atoms with van der Waals surface area (Å²) in [4.78, 5) is 43.0. The number of hydrogen-bond acceptors (Lipinski definition) is 5. The number of aliphatic hydroxyl groups excluding tert-OH is 1. The number of amides is 2. The molecule has 2 bridgehead atoms. The van der Waals surface area contributed by atoms with Crippen LogP contribution in [0.3, 0.4) is 0 Å². The van der Waals surface area contributed by atoms with Gasteiger partial charge in [-0.2, -0.15) is 0 Å². The van der Waals surface area contributed by atoms with Crippen LogP contribution in [0.1, 0.15) is 26.2 Å². The van der Waals surface area contributed by atoms with Crippen molar-refractivity contribution in [2.45, 2.75) is 41.7 Å². The van der Waals surface area contributed by atoms with Crippen molar-refractivity contribution in [3.63, 3.8) is 0 Å². The van der Waals surface area contributed by atoms with E-state index >= 15 is 0 Å². The van der Waals surface area contributed by atoms with E-state index in [4.69, 9.17) is 11.6 Å². The molecule has 3 fully saturated rings. The standard InChI is InChI=1S/C23H27ClN2O5S/c1-3-11-25(15-8-5-4-7-14(15)24)20(29)18-23-10-9-22(2,32-23)17(21(30)31)16(23)19(28)26(18)12-6-13-27/h3-5,7-8,16-18,27H,1,6,9-13H2,2H3,(H,30,31)/t16-,17-,18?,22+,23?/m0/s1. The van der Waals surface area contributed by atoms with Gasteiger partial charge in [0.15, 0.2) is 0 Å². The number of para-hydroxylation sites is 1. The van der Waals surface area contributed by atoms with E-state index in [0.29, 0.717) is 30.0 Å². The molecule has 1 spiro atoms. The number of halogens is 1. The second kappa shape index (κ2) is 8.39. The monoisotopic (exact) mass is 478 g/mol. The normalized spacial score (nSPS) is 32.8. The van der Waals surface area contributed by atoms with Gasteiger partial charge in [0, 0.05) is 24.4 Å². The molecule has 5 atom stereocenters. The third-order valence-electron chi connectivity index (χ3n) is 7.05. The van der Waals surface area contributed by atoms with E-state index in [1.165, 1.54) is 21.6 Å². The van der Waals surface area contributed by atoms with Crippen LogP contribution in [0, 0.1) is 11.8 Å². The van der Waals surface area contributed by atoms with Crippen molar-refractivity contribution in [2.75, 3.05) is 24.6 Å². The van der Waals surface area contributed by atoms with E-state index in [1.54, 1.807) is 30.3 Å². The Morgan fingerprint density at radius 3 is 2.72 bits per heavy atom. The zero-order valence-electron chi connectivity index (χ0n) is 17.9. The molecule has 0 saturated carbocycles. The summed E-state index contributed by atoms with van der Waals surface area (Å²) in [6.07, 6.45) is 3.13. The van der Waals surface area contributed by atoms with Gasteiger partial charge in [-0.1, -0.05) is 29.8 Å². The van der Waals surface area contributed by atoms with Crippen LogP contribution < -0.4 is 4.90 Å². The first kappa shape index (κ1) is 23.1. The lowest BCUT2D eigenvalue weighted by Crippen LogP contribution is -2.55.